The molecule has 4 rings (SSSR count). The zero-order valence-corrected chi connectivity index (χ0v) is 19.8. The zero-order chi connectivity index (χ0) is 24.3. The van der Waals surface area contributed by atoms with E-state index in [1.165, 1.54) is 7.11 Å². The second-order valence-corrected chi connectivity index (χ2v) is 8.90. The van der Waals surface area contributed by atoms with Gasteiger partial charge in [0.15, 0.2) is 5.78 Å². The molecule has 1 aliphatic rings. The number of amides is 1. The summed E-state index contributed by atoms with van der Waals surface area (Å²) in [6, 6.07) is 19.9. The van der Waals surface area contributed by atoms with Crippen LogP contribution in [0.15, 0.2) is 71.7 Å². The van der Waals surface area contributed by atoms with E-state index in [0.717, 1.165) is 29.0 Å². The summed E-state index contributed by atoms with van der Waals surface area (Å²) in [4.78, 5) is 30.6. The van der Waals surface area contributed by atoms with E-state index >= 15 is 0 Å². The van der Waals surface area contributed by atoms with E-state index in [-0.39, 0.29) is 23.7 Å². The molecular formula is C28H28N2O4. The Morgan fingerprint density at radius 1 is 0.971 bits per heavy atom. The highest BCUT2D eigenvalue weighted by Gasteiger charge is 2.28. The fourth-order valence-electron chi connectivity index (χ4n) is 4.20. The van der Waals surface area contributed by atoms with Crippen LogP contribution in [-0.4, -0.2) is 37.2 Å². The Kier molecular flexibility index (Phi) is 6.50. The number of rotatable bonds is 7. The molecule has 0 aromatic heterocycles. The van der Waals surface area contributed by atoms with Gasteiger partial charge in [-0.2, -0.15) is 0 Å². The van der Waals surface area contributed by atoms with Gasteiger partial charge in [-0.15, -0.1) is 0 Å². The molecule has 0 unspecified atom stereocenters. The lowest BCUT2D eigenvalue weighted by atomic mass is 9.85. The smallest absolute Gasteiger partial charge is 0.259 e. The Balaban J connectivity index is 1.50. The predicted octanol–water partition coefficient (Wildman–Crippen LogP) is 5.35. The summed E-state index contributed by atoms with van der Waals surface area (Å²) in [6.45, 7) is 4.15. The molecule has 0 saturated heterocycles. The molecule has 174 valence electrons. The van der Waals surface area contributed by atoms with Crippen LogP contribution in [0.5, 0.6) is 11.5 Å². The van der Waals surface area contributed by atoms with Crippen LogP contribution in [0.4, 0.5) is 5.69 Å². The fraction of sp³-hybridized carbons (Fsp3) is 0.250. The summed E-state index contributed by atoms with van der Waals surface area (Å²) in [5, 5.41) is 2.85. The first-order chi connectivity index (χ1) is 16.3. The van der Waals surface area contributed by atoms with Gasteiger partial charge >= 0.3 is 0 Å². The minimum absolute atomic E-state index is 0.0344. The molecule has 3 aromatic carbocycles. The van der Waals surface area contributed by atoms with Gasteiger partial charge in [-0.3, -0.25) is 14.6 Å². The molecule has 6 heteroatoms. The van der Waals surface area contributed by atoms with Crippen molar-refractivity contribution in [2.24, 2.45) is 4.99 Å². The topological polar surface area (TPSA) is 77.0 Å². The third kappa shape index (κ3) is 5.01. The first kappa shape index (κ1) is 23.2. The van der Waals surface area contributed by atoms with E-state index in [9.17, 15) is 9.59 Å². The number of aliphatic imine (C=N–C) groups is 1. The standard InChI is InChI=1S/C28H28N2O4/c1-28(2)17-19-11-14-21(33-3)15-23(19)24(30-28)16-25(31)18-9-12-20(13-10-18)29-27(32)22-7-5-6-8-26(22)34-4/h5-15H,16-17H2,1-4H3,(H,29,32). The van der Waals surface area contributed by atoms with Crippen LogP contribution in [0.3, 0.4) is 0 Å². The van der Waals surface area contributed by atoms with E-state index in [1.807, 2.05) is 24.3 Å². The van der Waals surface area contributed by atoms with Gasteiger partial charge in [0.2, 0.25) is 0 Å². The van der Waals surface area contributed by atoms with Crippen LogP contribution >= 0.6 is 0 Å². The molecular weight excluding hydrogens is 428 g/mol. The molecule has 34 heavy (non-hydrogen) atoms. The van der Waals surface area contributed by atoms with Crippen molar-refractivity contribution in [3.05, 3.63) is 89.0 Å². The van der Waals surface area contributed by atoms with E-state index in [4.69, 9.17) is 14.5 Å². The number of nitrogens with one attached hydrogen (secondary N) is 1. The summed E-state index contributed by atoms with van der Waals surface area (Å²) in [5.41, 5.74) is 4.22. The quantitative estimate of drug-likeness (QED) is 0.486. The Labute approximate surface area is 199 Å². The van der Waals surface area contributed by atoms with Crippen molar-refractivity contribution < 1.29 is 19.1 Å². The molecule has 1 aliphatic heterocycles. The van der Waals surface area contributed by atoms with E-state index in [0.29, 0.717) is 22.6 Å². The van der Waals surface area contributed by atoms with Gasteiger partial charge < -0.3 is 14.8 Å². The van der Waals surface area contributed by atoms with Crippen LogP contribution in [0, 0.1) is 0 Å². The molecule has 3 aromatic rings. The number of methoxy groups -OCH3 is 2. The highest BCUT2D eigenvalue weighted by Crippen LogP contribution is 2.31. The number of anilines is 1. The molecule has 1 heterocycles. The predicted molar refractivity (Wildman–Crippen MR) is 134 cm³/mol. The lowest BCUT2D eigenvalue weighted by Gasteiger charge is -2.29. The number of ether oxygens (including phenoxy) is 2. The highest BCUT2D eigenvalue weighted by atomic mass is 16.5. The normalized spacial score (nSPS) is 13.9. The summed E-state index contributed by atoms with van der Waals surface area (Å²) in [5.74, 6) is 0.933. The number of carbonyl (C=O) groups excluding carboxylic acids is 2. The molecule has 0 aliphatic carbocycles. The van der Waals surface area contributed by atoms with Crippen molar-refractivity contribution in [2.75, 3.05) is 19.5 Å². The number of Topliss-reactive ketones (excluding diaryl/α,β-unsaturated/α-hetero) is 1. The van der Waals surface area contributed by atoms with Gasteiger partial charge in [0.1, 0.15) is 11.5 Å². The number of carbonyl (C=O) groups is 2. The molecule has 0 spiro atoms. The number of hydrogen-bond donors (Lipinski definition) is 1. The van der Waals surface area contributed by atoms with Crippen LogP contribution in [-0.2, 0) is 6.42 Å². The molecule has 0 bridgehead atoms. The van der Waals surface area contributed by atoms with E-state index in [2.05, 4.69) is 19.2 Å². The minimum Gasteiger partial charge on any atom is -0.497 e. The van der Waals surface area contributed by atoms with Crippen LogP contribution in [0.2, 0.25) is 0 Å². The highest BCUT2D eigenvalue weighted by molar-refractivity contribution is 6.17. The van der Waals surface area contributed by atoms with E-state index < -0.39 is 0 Å². The molecule has 0 atom stereocenters. The number of hydrogen-bond acceptors (Lipinski definition) is 5. The summed E-state index contributed by atoms with van der Waals surface area (Å²) >= 11 is 0. The number of para-hydroxylation sites is 1. The molecule has 0 fully saturated rings. The van der Waals surface area contributed by atoms with Crippen LogP contribution in [0.25, 0.3) is 0 Å². The van der Waals surface area contributed by atoms with Crippen LogP contribution < -0.4 is 14.8 Å². The first-order valence-corrected chi connectivity index (χ1v) is 11.1. The minimum atomic E-state index is -0.277. The summed E-state index contributed by atoms with van der Waals surface area (Å²) in [6.07, 6.45) is 1.00. The maximum atomic E-state index is 13.1. The zero-order valence-electron chi connectivity index (χ0n) is 19.8. The van der Waals surface area contributed by atoms with E-state index in [1.54, 1.807) is 49.6 Å². The van der Waals surface area contributed by atoms with Gasteiger partial charge in [0, 0.05) is 16.8 Å². The Morgan fingerprint density at radius 3 is 2.41 bits per heavy atom. The van der Waals surface area contributed by atoms with Gasteiger partial charge in [-0.05, 0) is 74.4 Å². The molecule has 0 saturated carbocycles. The Hall–Kier alpha value is -3.93. The van der Waals surface area contributed by atoms with Crippen molar-refractivity contribution in [1.29, 1.82) is 0 Å². The lowest BCUT2D eigenvalue weighted by molar-refractivity contribution is 0.0998. The van der Waals surface area contributed by atoms with Crippen molar-refractivity contribution in [2.45, 2.75) is 32.2 Å². The van der Waals surface area contributed by atoms with Crippen molar-refractivity contribution in [1.82, 2.24) is 0 Å². The Bertz CT molecular complexity index is 1260. The van der Waals surface area contributed by atoms with Crippen molar-refractivity contribution >= 4 is 23.1 Å². The van der Waals surface area contributed by atoms with Gasteiger partial charge in [-0.1, -0.05) is 18.2 Å². The van der Waals surface area contributed by atoms with Crippen molar-refractivity contribution in [3.8, 4) is 11.5 Å². The van der Waals surface area contributed by atoms with Gasteiger partial charge in [0.05, 0.1) is 37.5 Å². The molecule has 6 nitrogen and oxygen atoms in total. The SMILES string of the molecule is COc1ccc2c(c1)C(CC(=O)c1ccc(NC(=O)c3ccccc3OC)cc1)=NC(C)(C)C2. The lowest BCUT2D eigenvalue weighted by Crippen LogP contribution is -2.30. The maximum Gasteiger partial charge on any atom is 0.259 e. The first-order valence-electron chi connectivity index (χ1n) is 11.1. The van der Waals surface area contributed by atoms with Crippen LogP contribution in [0.1, 0.15) is 52.1 Å². The fourth-order valence-corrected chi connectivity index (χ4v) is 4.20. The average Bonchev–Trinajstić information content (AvgIpc) is 2.83. The largest absolute Gasteiger partial charge is 0.497 e. The molecule has 1 amide bonds. The second-order valence-electron chi connectivity index (χ2n) is 8.90. The monoisotopic (exact) mass is 456 g/mol. The number of ketones is 1. The third-order valence-corrected chi connectivity index (χ3v) is 5.83. The molecule has 1 N–H and O–H groups in total. The average molecular weight is 457 g/mol. The number of fused-ring (bicyclic) bond motifs is 1. The van der Waals surface area contributed by atoms with Gasteiger partial charge in [-0.25, -0.2) is 0 Å². The third-order valence-electron chi connectivity index (χ3n) is 5.83. The summed E-state index contributed by atoms with van der Waals surface area (Å²) < 4.78 is 10.6. The molecule has 0 radical (unpaired) electrons. The van der Waals surface area contributed by atoms with Crippen molar-refractivity contribution in [3.63, 3.8) is 0 Å². The number of nitrogens with zero attached hydrogens (tertiary/aromatic N) is 1. The number of benzene rings is 3. The maximum absolute atomic E-state index is 13.1. The Morgan fingerprint density at radius 2 is 1.71 bits per heavy atom. The summed E-state index contributed by atoms with van der Waals surface area (Å²) in [7, 11) is 3.16. The second kappa shape index (κ2) is 9.51. The van der Waals surface area contributed by atoms with Gasteiger partial charge in [0.25, 0.3) is 5.91 Å².